The smallest absolute Gasteiger partial charge is 0.110 e. The van der Waals surface area contributed by atoms with E-state index >= 15 is 0 Å². The lowest BCUT2D eigenvalue weighted by Crippen LogP contribution is -2.43. The van der Waals surface area contributed by atoms with E-state index in [1.54, 1.807) is 12.1 Å². The van der Waals surface area contributed by atoms with Crippen LogP contribution in [0, 0.1) is 0 Å². The Morgan fingerprint density at radius 1 is 1.47 bits per heavy atom. The van der Waals surface area contributed by atoms with Crippen molar-refractivity contribution in [1.29, 1.82) is 0 Å². The molecule has 17 heavy (non-hydrogen) atoms. The van der Waals surface area contributed by atoms with Crippen molar-refractivity contribution in [3.8, 4) is 0 Å². The standard InChI is InChI=1S/C12H19N3O2/c1-8-12(16,4-5-17-8)7-15-9-2-3-10(13)11(14)6-9/h2-3,6,8,15-16H,4-5,7,13-14H2,1H3. The van der Waals surface area contributed by atoms with Gasteiger partial charge in [0, 0.05) is 25.3 Å². The second kappa shape index (κ2) is 4.43. The van der Waals surface area contributed by atoms with Crippen LogP contribution in [0.25, 0.3) is 0 Å². The summed E-state index contributed by atoms with van der Waals surface area (Å²) in [4.78, 5) is 0. The monoisotopic (exact) mass is 237 g/mol. The van der Waals surface area contributed by atoms with Gasteiger partial charge in [0.1, 0.15) is 5.60 Å². The highest BCUT2D eigenvalue weighted by atomic mass is 16.5. The van der Waals surface area contributed by atoms with Crippen LogP contribution in [0.5, 0.6) is 0 Å². The summed E-state index contributed by atoms with van der Waals surface area (Å²) in [6.45, 7) is 2.92. The van der Waals surface area contributed by atoms with Gasteiger partial charge in [-0.2, -0.15) is 0 Å². The Morgan fingerprint density at radius 2 is 2.24 bits per heavy atom. The van der Waals surface area contributed by atoms with Crippen LogP contribution >= 0.6 is 0 Å². The molecule has 5 heteroatoms. The predicted molar refractivity (Wildman–Crippen MR) is 68.7 cm³/mol. The second-order valence-electron chi connectivity index (χ2n) is 4.56. The Hall–Kier alpha value is -1.46. The van der Waals surface area contributed by atoms with Crippen molar-refractivity contribution in [1.82, 2.24) is 0 Å². The van der Waals surface area contributed by atoms with Crippen molar-refractivity contribution in [2.24, 2.45) is 0 Å². The van der Waals surface area contributed by atoms with Gasteiger partial charge in [-0.15, -0.1) is 0 Å². The average molecular weight is 237 g/mol. The number of rotatable bonds is 3. The fraction of sp³-hybridized carbons (Fsp3) is 0.500. The Labute approximate surface area is 101 Å². The number of nitrogens with two attached hydrogens (primary N) is 2. The van der Waals surface area contributed by atoms with E-state index < -0.39 is 5.60 Å². The van der Waals surface area contributed by atoms with E-state index in [-0.39, 0.29) is 6.10 Å². The van der Waals surface area contributed by atoms with E-state index in [0.29, 0.717) is 30.9 Å². The fourth-order valence-electron chi connectivity index (χ4n) is 1.94. The number of hydrogen-bond acceptors (Lipinski definition) is 5. The van der Waals surface area contributed by atoms with Gasteiger partial charge in [-0.3, -0.25) is 0 Å². The zero-order valence-corrected chi connectivity index (χ0v) is 9.94. The number of benzene rings is 1. The van der Waals surface area contributed by atoms with E-state index in [1.807, 2.05) is 13.0 Å². The summed E-state index contributed by atoms with van der Waals surface area (Å²) >= 11 is 0. The number of nitrogens with one attached hydrogen (secondary N) is 1. The van der Waals surface area contributed by atoms with Gasteiger partial charge in [0.05, 0.1) is 17.5 Å². The third-order valence-corrected chi connectivity index (χ3v) is 3.34. The molecule has 0 aromatic heterocycles. The molecule has 1 fully saturated rings. The molecule has 2 atom stereocenters. The van der Waals surface area contributed by atoms with Gasteiger partial charge in [0.2, 0.25) is 0 Å². The van der Waals surface area contributed by atoms with Crippen LogP contribution in [0.3, 0.4) is 0 Å². The Balaban J connectivity index is 2.00. The largest absolute Gasteiger partial charge is 0.397 e. The molecule has 1 heterocycles. The number of nitrogen functional groups attached to an aromatic ring is 2. The van der Waals surface area contributed by atoms with Gasteiger partial charge >= 0.3 is 0 Å². The summed E-state index contributed by atoms with van der Waals surface area (Å²) in [5.41, 5.74) is 12.5. The highest BCUT2D eigenvalue weighted by molar-refractivity contribution is 5.69. The zero-order valence-electron chi connectivity index (χ0n) is 9.94. The topological polar surface area (TPSA) is 93.5 Å². The first-order valence-corrected chi connectivity index (χ1v) is 5.74. The lowest BCUT2D eigenvalue weighted by molar-refractivity contribution is -0.0175. The first kappa shape index (κ1) is 12.0. The van der Waals surface area contributed by atoms with E-state index in [4.69, 9.17) is 16.2 Å². The maximum Gasteiger partial charge on any atom is 0.110 e. The molecule has 1 aliphatic heterocycles. The van der Waals surface area contributed by atoms with Crippen molar-refractivity contribution in [2.45, 2.75) is 25.0 Å². The Morgan fingerprint density at radius 3 is 2.82 bits per heavy atom. The van der Waals surface area contributed by atoms with Gasteiger partial charge in [-0.05, 0) is 25.1 Å². The summed E-state index contributed by atoms with van der Waals surface area (Å²) < 4.78 is 5.37. The summed E-state index contributed by atoms with van der Waals surface area (Å²) in [6.07, 6.45) is 0.493. The fourth-order valence-corrected chi connectivity index (χ4v) is 1.94. The first-order chi connectivity index (χ1) is 8.01. The molecule has 5 nitrogen and oxygen atoms in total. The maximum atomic E-state index is 10.3. The van der Waals surface area contributed by atoms with E-state index in [1.165, 1.54) is 0 Å². The lowest BCUT2D eigenvalue weighted by atomic mass is 9.96. The first-order valence-electron chi connectivity index (χ1n) is 5.74. The highest BCUT2D eigenvalue weighted by Gasteiger charge is 2.39. The molecule has 1 saturated heterocycles. The van der Waals surface area contributed by atoms with Crippen molar-refractivity contribution >= 4 is 17.1 Å². The van der Waals surface area contributed by atoms with Gasteiger partial charge in [0.25, 0.3) is 0 Å². The Bertz CT molecular complexity index is 411. The van der Waals surface area contributed by atoms with Crippen molar-refractivity contribution in [3.05, 3.63) is 18.2 Å². The molecular weight excluding hydrogens is 218 g/mol. The SMILES string of the molecule is CC1OCCC1(O)CNc1ccc(N)c(N)c1. The van der Waals surface area contributed by atoms with Crippen LogP contribution in [-0.2, 0) is 4.74 Å². The lowest BCUT2D eigenvalue weighted by Gasteiger charge is -2.26. The van der Waals surface area contributed by atoms with Crippen LogP contribution in [-0.4, -0.2) is 30.0 Å². The van der Waals surface area contributed by atoms with Crippen molar-refractivity contribution in [3.63, 3.8) is 0 Å². The molecule has 0 amide bonds. The third kappa shape index (κ3) is 2.45. The number of hydrogen-bond donors (Lipinski definition) is 4. The normalized spacial score (nSPS) is 28.2. The maximum absolute atomic E-state index is 10.3. The van der Waals surface area contributed by atoms with Crippen LogP contribution in [0.2, 0.25) is 0 Å². The molecule has 1 aromatic rings. The number of ether oxygens (including phenoxy) is 1. The Kier molecular flexibility index (Phi) is 3.13. The van der Waals surface area contributed by atoms with Crippen molar-refractivity contribution in [2.75, 3.05) is 29.9 Å². The van der Waals surface area contributed by atoms with Gasteiger partial charge in [0.15, 0.2) is 0 Å². The molecule has 0 radical (unpaired) electrons. The highest BCUT2D eigenvalue weighted by Crippen LogP contribution is 2.27. The minimum atomic E-state index is -0.809. The molecule has 0 spiro atoms. The molecule has 2 rings (SSSR count). The summed E-state index contributed by atoms with van der Waals surface area (Å²) in [5, 5.41) is 13.5. The molecule has 1 aliphatic rings. The number of anilines is 3. The van der Waals surface area contributed by atoms with Crippen LogP contribution in [0.4, 0.5) is 17.1 Å². The van der Waals surface area contributed by atoms with Crippen LogP contribution < -0.4 is 16.8 Å². The molecule has 0 aliphatic carbocycles. The quantitative estimate of drug-likeness (QED) is 0.583. The summed E-state index contributed by atoms with van der Waals surface area (Å²) in [7, 11) is 0. The molecular formula is C12H19N3O2. The van der Waals surface area contributed by atoms with Gasteiger partial charge in [-0.25, -0.2) is 0 Å². The minimum Gasteiger partial charge on any atom is -0.397 e. The molecule has 6 N–H and O–H groups in total. The van der Waals surface area contributed by atoms with E-state index in [0.717, 1.165) is 5.69 Å². The average Bonchev–Trinajstić information content (AvgIpc) is 2.62. The zero-order chi connectivity index (χ0) is 12.5. The summed E-state index contributed by atoms with van der Waals surface area (Å²) in [6, 6.07) is 5.35. The minimum absolute atomic E-state index is 0.152. The second-order valence-corrected chi connectivity index (χ2v) is 4.56. The molecule has 0 saturated carbocycles. The predicted octanol–water partition coefficient (Wildman–Crippen LogP) is 0.803. The van der Waals surface area contributed by atoms with Crippen LogP contribution in [0.1, 0.15) is 13.3 Å². The molecule has 94 valence electrons. The van der Waals surface area contributed by atoms with E-state index in [2.05, 4.69) is 5.32 Å². The molecule has 2 unspecified atom stereocenters. The molecule has 0 bridgehead atoms. The molecule has 1 aromatic carbocycles. The summed E-state index contributed by atoms with van der Waals surface area (Å²) in [5.74, 6) is 0. The van der Waals surface area contributed by atoms with Gasteiger partial charge in [-0.1, -0.05) is 0 Å². The van der Waals surface area contributed by atoms with Crippen molar-refractivity contribution < 1.29 is 9.84 Å². The number of aliphatic hydroxyl groups is 1. The third-order valence-electron chi connectivity index (χ3n) is 3.34. The van der Waals surface area contributed by atoms with Gasteiger partial charge < -0.3 is 26.6 Å². The van der Waals surface area contributed by atoms with E-state index in [9.17, 15) is 5.11 Å². The van der Waals surface area contributed by atoms with Crippen LogP contribution in [0.15, 0.2) is 18.2 Å².